The summed E-state index contributed by atoms with van der Waals surface area (Å²) in [5, 5.41) is 12.5. The third-order valence-electron chi connectivity index (χ3n) is 4.38. The molecular weight excluding hydrogens is 268 g/mol. The number of amides is 1. The van der Waals surface area contributed by atoms with Gasteiger partial charge in [0.15, 0.2) is 0 Å². The van der Waals surface area contributed by atoms with Crippen molar-refractivity contribution in [2.45, 2.75) is 25.7 Å². The molecule has 21 heavy (non-hydrogen) atoms. The first-order valence-corrected chi connectivity index (χ1v) is 7.54. The van der Waals surface area contributed by atoms with Crippen LogP contribution in [0.1, 0.15) is 35.2 Å². The normalized spacial score (nSPS) is 21.3. The molecule has 5 nitrogen and oxygen atoms in total. The second-order valence-electron chi connectivity index (χ2n) is 5.79. The summed E-state index contributed by atoms with van der Waals surface area (Å²) < 4.78 is 0. The highest BCUT2D eigenvalue weighted by molar-refractivity contribution is 5.97. The van der Waals surface area contributed by atoms with E-state index < -0.39 is 11.9 Å². The van der Waals surface area contributed by atoms with Gasteiger partial charge in [0.1, 0.15) is 0 Å². The Balaban J connectivity index is 1.83. The highest BCUT2D eigenvalue weighted by Gasteiger charge is 2.30. The molecule has 5 heteroatoms. The summed E-state index contributed by atoms with van der Waals surface area (Å²) in [6.45, 7) is 1.92. The van der Waals surface area contributed by atoms with E-state index >= 15 is 0 Å². The van der Waals surface area contributed by atoms with Crippen LogP contribution in [0.15, 0.2) is 18.2 Å². The van der Waals surface area contributed by atoms with Gasteiger partial charge in [0.05, 0.1) is 5.92 Å². The average Bonchev–Trinajstić information content (AvgIpc) is 2.53. The minimum atomic E-state index is -0.802. The van der Waals surface area contributed by atoms with E-state index in [-0.39, 0.29) is 5.91 Å². The van der Waals surface area contributed by atoms with Crippen molar-refractivity contribution in [3.8, 4) is 0 Å². The molecular formula is C16H20N2O3. The minimum absolute atomic E-state index is 0.0264. The molecule has 1 amide bonds. The number of carbonyl (C=O) groups excluding carboxylic acids is 1. The first-order chi connectivity index (χ1) is 10.2. The number of likely N-dealkylation sites (tertiary alicyclic amines) is 1. The van der Waals surface area contributed by atoms with Crippen molar-refractivity contribution in [2.24, 2.45) is 5.92 Å². The van der Waals surface area contributed by atoms with E-state index in [4.69, 9.17) is 5.11 Å². The quantitative estimate of drug-likeness (QED) is 0.873. The smallest absolute Gasteiger partial charge is 0.308 e. The SMILES string of the molecule is O=C(O)[C@H]1CCCN(C(=O)c2cccc3c2CCCN3)C1. The van der Waals surface area contributed by atoms with Crippen LogP contribution in [0.2, 0.25) is 0 Å². The number of hydrogen-bond acceptors (Lipinski definition) is 3. The lowest BCUT2D eigenvalue weighted by Gasteiger charge is -2.32. The number of nitrogens with zero attached hydrogens (tertiary/aromatic N) is 1. The van der Waals surface area contributed by atoms with Gasteiger partial charge in [0.25, 0.3) is 5.91 Å². The predicted molar refractivity (Wildman–Crippen MR) is 79.5 cm³/mol. The Kier molecular flexibility index (Phi) is 3.82. The average molecular weight is 288 g/mol. The first kappa shape index (κ1) is 13.9. The van der Waals surface area contributed by atoms with E-state index in [0.29, 0.717) is 19.5 Å². The molecule has 3 rings (SSSR count). The molecule has 2 N–H and O–H groups in total. The Labute approximate surface area is 123 Å². The monoisotopic (exact) mass is 288 g/mol. The number of carboxylic acids is 1. The Morgan fingerprint density at radius 3 is 2.95 bits per heavy atom. The largest absolute Gasteiger partial charge is 0.481 e. The van der Waals surface area contributed by atoms with Crippen LogP contribution in [0, 0.1) is 5.92 Å². The third kappa shape index (κ3) is 2.73. The Hall–Kier alpha value is -2.04. The van der Waals surface area contributed by atoms with Crippen molar-refractivity contribution in [1.29, 1.82) is 0 Å². The molecule has 0 radical (unpaired) electrons. The van der Waals surface area contributed by atoms with E-state index in [1.54, 1.807) is 4.90 Å². The molecule has 0 aromatic heterocycles. The number of carbonyl (C=O) groups is 2. The Morgan fingerprint density at radius 2 is 2.14 bits per heavy atom. The molecule has 1 fully saturated rings. The van der Waals surface area contributed by atoms with Crippen molar-refractivity contribution in [1.82, 2.24) is 4.90 Å². The first-order valence-electron chi connectivity index (χ1n) is 7.54. The van der Waals surface area contributed by atoms with E-state index in [9.17, 15) is 9.59 Å². The van der Waals surface area contributed by atoms with Crippen LogP contribution in [-0.2, 0) is 11.2 Å². The molecule has 0 saturated carbocycles. The highest BCUT2D eigenvalue weighted by Crippen LogP contribution is 2.27. The fourth-order valence-corrected chi connectivity index (χ4v) is 3.24. The van der Waals surface area contributed by atoms with E-state index in [2.05, 4.69) is 5.32 Å². The van der Waals surface area contributed by atoms with Crippen LogP contribution >= 0.6 is 0 Å². The molecule has 2 heterocycles. The van der Waals surface area contributed by atoms with Crippen LogP contribution in [-0.4, -0.2) is 41.5 Å². The van der Waals surface area contributed by atoms with Crippen molar-refractivity contribution < 1.29 is 14.7 Å². The fourth-order valence-electron chi connectivity index (χ4n) is 3.24. The highest BCUT2D eigenvalue weighted by atomic mass is 16.4. The van der Waals surface area contributed by atoms with Crippen molar-refractivity contribution in [3.05, 3.63) is 29.3 Å². The van der Waals surface area contributed by atoms with Crippen molar-refractivity contribution >= 4 is 17.6 Å². The third-order valence-corrected chi connectivity index (χ3v) is 4.38. The molecule has 0 aliphatic carbocycles. The van der Waals surface area contributed by atoms with Crippen LogP contribution in [0.4, 0.5) is 5.69 Å². The molecule has 0 bridgehead atoms. The lowest BCUT2D eigenvalue weighted by Crippen LogP contribution is -2.42. The number of benzene rings is 1. The summed E-state index contributed by atoms with van der Waals surface area (Å²) in [4.78, 5) is 25.6. The van der Waals surface area contributed by atoms with Gasteiger partial charge in [0, 0.05) is 30.9 Å². The van der Waals surface area contributed by atoms with Crippen LogP contribution in [0.25, 0.3) is 0 Å². The molecule has 0 unspecified atom stereocenters. The van der Waals surface area contributed by atoms with Crippen molar-refractivity contribution in [3.63, 3.8) is 0 Å². The lowest BCUT2D eigenvalue weighted by molar-refractivity contribution is -0.143. The molecule has 1 atom stereocenters. The predicted octanol–water partition coefficient (Wildman–Crippen LogP) is 1.98. The van der Waals surface area contributed by atoms with Gasteiger partial charge >= 0.3 is 5.97 Å². The van der Waals surface area contributed by atoms with Gasteiger partial charge in [-0.25, -0.2) is 0 Å². The van der Waals surface area contributed by atoms with Gasteiger partial charge in [-0.2, -0.15) is 0 Å². The number of nitrogens with one attached hydrogen (secondary N) is 1. The van der Waals surface area contributed by atoms with Gasteiger partial charge in [-0.15, -0.1) is 0 Å². The van der Waals surface area contributed by atoms with Gasteiger partial charge in [0.2, 0.25) is 0 Å². The van der Waals surface area contributed by atoms with Gasteiger partial charge in [-0.1, -0.05) is 6.07 Å². The maximum Gasteiger partial charge on any atom is 0.308 e. The second-order valence-corrected chi connectivity index (χ2v) is 5.79. The van der Waals surface area contributed by atoms with Gasteiger partial charge in [-0.3, -0.25) is 9.59 Å². The van der Waals surface area contributed by atoms with Gasteiger partial charge < -0.3 is 15.3 Å². The summed E-state index contributed by atoms with van der Waals surface area (Å²) in [5.41, 5.74) is 2.84. The fraction of sp³-hybridized carbons (Fsp3) is 0.500. The molecule has 1 aromatic carbocycles. The van der Waals surface area contributed by atoms with Crippen molar-refractivity contribution in [2.75, 3.05) is 25.0 Å². The zero-order valence-corrected chi connectivity index (χ0v) is 12.0. The molecule has 2 aliphatic heterocycles. The summed E-state index contributed by atoms with van der Waals surface area (Å²) in [7, 11) is 0. The standard InChI is InChI=1S/C16H20N2O3/c19-15(18-9-3-4-11(10-18)16(20)21)13-5-1-7-14-12(13)6-2-8-17-14/h1,5,7,11,17H,2-4,6,8-10H2,(H,20,21)/t11-/m0/s1. The number of fused-ring (bicyclic) bond motifs is 1. The Bertz CT molecular complexity index is 571. The summed E-state index contributed by atoms with van der Waals surface area (Å²) in [6.07, 6.45) is 3.35. The van der Waals surface area contributed by atoms with Crippen LogP contribution < -0.4 is 5.32 Å². The van der Waals surface area contributed by atoms with E-state index in [1.807, 2.05) is 18.2 Å². The number of carboxylic acid groups (broad SMARTS) is 1. The van der Waals surface area contributed by atoms with Crippen LogP contribution in [0.5, 0.6) is 0 Å². The van der Waals surface area contributed by atoms with Gasteiger partial charge in [-0.05, 0) is 43.4 Å². The number of piperidine rings is 1. The number of rotatable bonds is 2. The zero-order chi connectivity index (χ0) is 14.8. The molecule has 0 spiro atoms. The molecule has 112 valence electrons. The van der Waals surface area contributed by atoms with E-state index in [0.717, 1.165) is 42.6 Å². The maximum atomic E-state index is 12.7. The topological polar surface area (TPSA) is 69.6 Å². The maximum absolute atomic E-state index is 12.7. The van der Waals surface area contributed by atoms with Crippen LogP contribution in [0.3, 0.4) is 0 Å². The molecule has 2 aliphatic rings. The Morgan fingerprint density at radius 1 is 1.29 bits per heavy atom. The molecule has 1 aromatic rings. The van der Waals surface area contributed by atoms with E-state index in [1.165, 1.54) is 0 Å². The minimum Gasteiger partial charge on any atom is -0.481 e. The summed E-state index contributed by atoms with van der Waals surface area (Å²) >= 11 is 0. The number of anilines is 1. The lowest BCUT2D eigenvalue weighted by atomic mass is 9.94. The zero-order valence-electron chi connectivity index (χ0n) is 12.0. The summed E-state index contributed by atoms with van der Waals surface area (Å²) in [6, 6.07) is 5.75. The molecule has 1 saturated heterocycles. The number of hydrogen-bond donors (Lipinski definition) is 2. The number of aliphatic carboxylic acids is 1. The second kappa shape index (κ2) is 5.76. The summed E-state index contributed by atoms with van der Waals surface area (Å²) in [5.74, 6) is -1.26.